The van der Waals surface area contributed by atoms with Crippen molar-refractivity contribution in [2.45, 2.75) is 59.0 Å². The van der Waals surface area contributed by atoms with Crippen molar-refractivity contribution < 1.29 is 9.90 Å². The van der Waals surface area contributed by atoms with Gasteiger partial charge in [-0.1, -0.05) is 26.7 Å². The molecule has 14 heavy (non-hydrogen) atoms. The molecule has 0 bridgehead atoms. The molecule has 0 saturated carbocycles. The van der Waals surface area contributed by atoms with E-state index in [-0.39, 0.29) is 0 Å². The average Bonchev–Trinajstić information content (AvgIpc) is 2.02. The first-order chi connectivity index (χ1) is 6.43. The minimum Gasteiger partial charge on any atom is -0.480 e. The van der Waals surface area contributed by atoms with E-state index < -0.39 is 12.0 Å². The number of carboxylic acid groups (broad SMARTS) is 1. The summed E-state index contributed by atoms with van der Waals surface area (Å²) >= 11 is 0. The van der Waals surface area contributed by atoms with E-state index in [2.05, 4.69) is 19.2 Å². The van der Waals surface area contributed by atoms with Gasteiger partial charge >= 0.3 is 5.97 Å². The molecule has 0 aromatic carbocycles. The Morgan fingerprint density at radius 1 is 1.21 bits per heavy atom. The van der Waals surface area contributed by atoms with Crippen molar-refractivity contribution in [3.63, 3.8) is 0 Å². The first-order valence-electron chi connectivity index (χ1n) is 5.42. The normalized spacial score (nSPS) is 15.5. The molecule has 84 valence electrons. The molecule has 0 aromatic heterocycles. The summed E-state index contributed by atoms with van der Waals surface area (Å²) in [6.45, 7) is 8.14. The maximum absolute atomic E-state index is 10.6. The van der Waals surface area contributed by atoms with Crippen LogP contribution < -0.4 is 5.32 Å². The predicted molar refractivity (Wildman–Crippen MR) is 58.4 cm³/mol. The van der Waals surface area contributed by atoms with Crippen LogP contribution >= 0.6 is 0 Å². The van der Waals surface area contributed by atoms with E-state index in [9.17, 15) is 4.79 Å². The van der Waals surface area contributed by atoms with Gasteiger partial charge in [-0.2, -0.15) is 0 Å². The highest BCUT2D eigenvalue weighted by Crippen LogP contribution is 2.08. The van der Waals surface area contributed by atoms with Crippen LogP contribution in [0.3, 0.4) is 0 Å². The van der Waals surface area contributed by atoms with Gasteiger partial charge in [0.05, 0.1) is 0 Å². The zero-order valence-corrected chi connectivity index (χ0v) is 9.71. The van der Waals surface area contributed by atoms with Crippen LogP contribution in [0.4, 0.5) is 0 Å². The minimum atomic E-state index is -0.777. The van der Waals surface area contributed by atoms with E-state index in [4.69, 9.17) is 5.11 Å². The second-order valence-electron chi connectivity index (χ2n) is 4.45. The fourth-order valence-corrected chi connectivity index (χ4v) is 1.41. The molecule has 2 atom stereocenters. The summed E-state index contributed by atoms with van der Waals surface area (Å²) < 4.78 is 0. The topological polar surface area (TPSA) is 49.3 Å². The zero-order chi connectivity index (χ0) is 11.1. The summed E-state index contributed by atoms with van der Waals surface area (Å²) in [5, 5.41) is 11.7. The van der Waals surface area contributed by atoms with Gasteiger partial charge in [-0.3, -0.25) is 4.79 Å². The molecule has 0 radical (unpaired) electrons. The Labute approximate surface area is 86.9 Å². The van der Waals surface area contributed by atoms with Crippen molar-refractivity contribution in [3.8, 4) is 0 Å². The van der Waals surface area contributed by atoms with Crippen molar-refractivity contribution in [2.24, 2.45) is 5.92 Å². The molecule has 0 aliphatic carbocycles. The summed E-state index contributed by atoms with van der Waals surface area (Å²) in [7, 11) is 0. The van der Waals surface area contributed by atoms with Crippen LogP contribution in [0.2, 0.25) is 0 Å². The predicted octanol–water partition coefficient (Wildman–Crippen LogP) is 2.26. The summed E-state index contributed by atoms with van der Waals surface area (Å²) in [6.07, 6.45) is 3.43. The summed E-state index contributed by atoms with van der Waals surface area (Å²) in [5.41, 5.74) is 0. The molecule has 0 spiro atoms. The van der Waals surface area contributed by atoms with Crippen LogP contribution in [0.5, 0.6) is 0 Å². The van der Waals surface area contributed by atoms with E-state index >= 15 is 0 Å². The average molecular weight is 201 g/mol. The first kappa shape index (κ1) is 13.4. The SMILES string of the molecule is CC(C)CCCC(C)NC(C)C(=O)O. The van der Waals surface area contributed by atoms with Gasteiger partial charge in [-0.15, -0.1) is 0 Å². The highest BCUT2D eigenvalue weighted by atomic mass is 16.4. The molecule has 0 aliphatic rings. The largest absolute Gasteiger partial charge is 0.480 e. The molecular formula is C11H23NO2. The third kappa shape index (κ3) is 6.89. The van der Waals surface area contributed by atoms with Gasteiger partial charge in [0.15, 0.2) is 0 Å². The Kier molecular flexibility index (Phi) is 6.54. The van der Waals surface area contributed by atoms with E-state index in [1.807, 2.05) is 6.92 Å². The summed E-state index contributed by atoms with van der Waals surface area (Å²) in [6, 6.07) is -0.149. The molecule has 3 nitrogen and oxygen atoms in total. The second-order valence-corrected chi connectivity index (χ2v) is 4.45. The lowest BCUT2D eigenvalue weighted by Gasteiger charge is -2.17. The van der Waals surface area contributed by atoms with Gasteiger partial charge in [0.25, 0.3) is 0 Å². The monoisotopic (exact) mass is 201 g/mol. The third-order valence-electron chi connectivity index (χ3n) is 2.32. The molecule has 0 aliphatic heterocycles. The fraction of sp³-hybridized carbons (Fsp3) is 0.909. The maximum Gasteiger partial charge on any atom is 0.320 e. The Bertz CT molecular complexity index is 169. The molecule has 0 amide bonds. The Hall–Kier alpha value is -0.570. The lowest BCUT2D eigenvalue weighted by Crippen LogP contribution is -2.39. The van der Waals surface area contributed by atoms with E-state index in [1.165, 1.54) is 6.42 Å². The molecular weight excluding hydrogens is 178 g/mol. The van der Waals surface area contributed by atoms with Crippen molar-refractivity contribution in [1.82, 2.24) is 5.32 Å². The Morgan fingerprint density at radius 2 is 1.79 bits per heavy atom. The van der Waals surface area contributed by atoms with E-state index in [1.54, 1.807) is 6.92 Å². The number of hydrogen-bond acceptors (Lipinski definition) is 2. The lowest BCUT2D eigenvalue weighted by atomic mass is 10.0. The summed E-state index contributed by atoms with van der Waals surface area (Å²) in [4.78, 5) is 10.6. The van der Waals surface area contributed by atoms with Gasteiger partial charge < -0.3 is 10.4 Å². The minimum absolute atomic E-state index is 0.292. The zero-order valence-electron chi connectivity index (χ0n) is 9.71. The molecule has 0 saturated heterocycles. The standard InChI is InChI=1S/C11H23NO2/c1-8(2)6-5-7-9(3)12-10(4)11(13)14/h8-10,12H,5-7H2,1-4H3,(H,13,14). The van der Waals surface area contributed by atoms with Gasteiger partial charge in [0.2, 0.25) is 0 Å². The number of hydrogen-bond donors (Lipinski definition) is 2. The van der Waals surface area contributed by atoms with Crippen LogP contribution in [0, 0.1) is 5.92 Å². The fourth-order valence-electron chi connectivity index (χ4n) is 1.41. The smallest absolute Gasteiger partial charge is 0.320 e. The number of carbonyl (C=O) groups is 1. The Balaban J connectivity index is 3.55. The molecule has 2 N–H and O–H groups in total. The third-order valence-corrected chi connectivity index (χ3v) is 2.32. The number of aliphatic carboxylic acids is 1. The van der Waals surface area contributed by atoms with Crippen molar-refractivity contribution in [1.29, 1.82) is 0 Å². The molecule has 3 heteroatoms. The van der Waals surface area contributed by atoms with Crippen LogP contribution in [-0.2, 0) is 4.79 Å². The van der Waals surface area contributed by atoms with Crippen LogP contribution in [0.15, 0.2) is 0 Å². The van der Waals surface area contributed by atoms with Crippen molar-refractivity contribution >= 4 is 5.97 Å². The molecule has 0 aromatic rings. The van der Waals surface area contributed by atoms with Crippen molar-refractivity contribution in [3.05, 3.63) is 0 Å². The van der Waals surface area contributed by atoms with Crippen molar-refractivity contribution in [2.75, 3.05) is 0 Å². The second kappa shape index (κ2) is 6.82. The first-order valence-corrected chi connectivity index (χ1v) is 5.42. The van der Waals surface area contributed by atoms with Gasteiger partial charge in [-0.05, 0) is 26.2 Å². The molecule has 0 heterocycles. The van der Waals surface area contributed by atoms with Gasteiger partial charge in [0, 0.05) is 6.04 Å². The highest BCUT2D eigenvalue weighted by Gasteiger charge is 2.13. The quantitative estimate of drug-likeness (QED) is 0.664. The van der Waals surface area contributed by atoms with E-state index in [0.717, 1.165) is 18.8 Å². The number of nitrogens with one attached hydrogen (secondary N) is 1. The maximum atomic E-state index is 10.6. The Morgan fingerprint density at radius 3 is 2.21 bits per heavy atom. The van der Waals surface area contributed by atoms with Gasteiger partial charge in [0.1, 0.15) is 6.04 Å². The van der Waals surface area contributed by atoms with Crippen LogP contribution in [-0.4, -0.2) is 23.2 Å². The summed E-state index contributed by atoms with van der Waals surface area (Å²) in [5.74, 6) is -0.0418. The highest BCUT2D eigenvalue weighted by molar-refractivity contribution is 5.72. The molecule has 2 unspecified atom stereocenters. The molecule has 0 rings (SSSR count). The number of rotatable bonds is 7. The van der Waals surface area contributed by atoms with Crippen LogP contribution in [0.1, 0.15) is 47.0 Å². The van der Waals surface area contributed by atoms with Crippen LogP contribution in [0.25, 0.3) is 0 Å². The number of carboxylic acids is 1. The van der Waals surface area contributed by atoms with Gasteiger partial charge in [-0.25, -0.2) is 0 Å². The molecule has 0 fully saturated rings. The lowest BCUT2D eigenvalue weighted by molar-refractivity contribution is -0.139. The van der Waals surface area contributed by atoms with E-state index in [0.29, 0.717) is 6.04 Å².